The van der Waals surface area contributed by atoms with Crippen LogP contribution in [0, 0.1) is 0 Å². The predicted molar refractivity (Wildman–Crippen MR) is 84.2 cm³/mol. The van der Waals surface area contributed by atoms with E-state index in [1.165, 1.54) is 0 Å². The van der Waals surface area contributed by atoms with E-state index >= 15 is 0 Å². The van der Waals surface area contributed by atoms with Crippen LogP contribution in [0.1, 0.15) is 46.1 Å². The molecular formula is C17H24N2O2. The molecule has 1 saturated heterocycles. The van der Waals surface area contributed by atoms with Gasteiger partial charge < -0.3 is 5.32 Å². The second-order valence-electron chi connectivity index (χ2n) is 5.61. The van der Waals surface area contributed by atoms with Crippen molar-refractivity contribution in [3.63, 3.8) is 0 Å². The van der Waals surface area contributed by atoms with Gasteiger partial charge in [0.05, 0.1) is 0 Å². The third kappa shape index (κ3) is 2.43. The van der Waals surface area contributed by atoms with Crippen LogP contribution in [-0.2, 0) is 16.0 Å². The van der Waals surface area contributed by atoms with Crippen molar-refractivity contribution in [1.29, 1.82) is 0 Å². The number of anilines is 1. The zero-order valence-corrected chi connectivity index (χ0v) is 13.3. The SMILES string of the molecule is CCc1ccccc1N1C(=O)C(CC)(CC)NC(=O)C1C. The Balaban J connectivity index is 2.54. The third-order valence-electron chi connectivity index (χ3n) is 4.60. The van der Waals surface area contributed by atoms with Crippen LogP contribution in [0.2, 0.25) is 0 Å². The first-order valence-corrected chi connectivity index (χ1v) is 7.74. The zero-order chi connectivity index (χ0) is 15.6. The number of rotatable bonds is 4. The molecule has 1 atom stereocenters. The average molecular weight is 288 g/mol. The van der Waals surface area contributed by atoms with E-state index in [-0.39, 0.29) is 11.8 Å². The Kier molecular flexibility index (Phi) is 4.35. The summed E-state index contributed by atoms with van der Waals surface area (Å²) in [6, 6.07) is 7.36. The van der Waals surface area contributed by atoms with E-state index in [9.17, 15) is 9.59 Å². The predicted octanol–water partition coefficient (Wildman–Crippen LogP) is 2.66. The number of aryl methyl sites for hydroxylation is 1. The summed E-state index contributed by atoms with van der Waals surface area (Å²) in [5.74, 6) is -0.0790. The molecule has 21 heavy (non-hydrogen) atoms. The molecule has 2 rings (SSSR count). The van der Waals surface area contributed by atoms with Crippen molar-refractivity contribution in [1.82, 2.24) is 5.32 Å². The maximum absolute atomic E-state index is 13.0. The number of hydrogen-bond acceptors (Lipinski definition) is 2. The Hall–Kier alpha value is -1.84. The van der Waals surface area contributed by atoms with Crippen LogP contribution in [0.3, 0.4) is 0 Å². The highest BCUT2D eigenvalue weighted by Gasteiger charge is 2.48. The van der Waals surface area contributed by atoms with E-state index in [1.54, 1.807) is 11.8 Å². The van der Waals surface area contributed by atoms with Gasteiger partial charge in [-0.25, -0.2) is 0 Å². The van der Waals surface area contributed by atoms with Crippen LogP contribution >= 0.6 is 0 Å². The number of benzene rings is 1. The zero-order valence-electron chi connectivity index (χ0n) is 13.3. The molecule has 2 amide bonds. The molecule has 0 saturated carbocycles. The standard InChI is InChI=1S/C17H24N2O2/c1-5-13-10-8-9-11-14(13)19-12(4)15(20)18-17(6-2,7-3)16(19)21/h8-12H,5-7H2,1-4H3,(H,18,20). The lowest BCUT2D eigenvalue weighted by molar-refractivity contribution is -0.138. The maximum atomic E-state index is 13.0. The lowest BCUT2D eigenvalue weighted by Crippen LogP contribution is -2.69. The molecule has 1 N–H and O–H groups in total. The molecule has 1 fully saturated rings. The Morgan fingerprint density at radius 2 is 1.76 bits per heavy atom. The summed E-state index contributed by atoms with van der Waals surface area (Å²) in [7, 11) is 0. The highest BCUT2D eigenvalue weighted by Crippen LogP contribution is 2.31. The van der Waals surface area contributed by atoms with Crippen molar-refractivity contribution < 1.29 is 9.59 Å². The summed E-state index contributed by atoms with van der Waals surface area (Å²) in [6.07, 6.45) is 2.04. The summed E-state index contributed by atoms with van der Waals surface area (Å²) in [5.41, 5.74) is 1.18. The summed E-state index contributed by atoms with van der Waals surface area (Å²) in [4.78, 5) is 27.1. The fourth-order valence-electron chi connectivity index (χ4n) is 3.01. The summed E-state index contributed by atoms with van der Waals surface area (Å²) >= 11 is 0. The summed E-state index contributed by atoms with van der Waals surface area (Å²) in [6.45, 7) is 7.74. The molecule has 1 aromatic rings. The van der Waals surface area contributed by atoms with Crippen LogP contribution in [0.25, 0.3) is 0 Å². The normalized spacial score (nSPS) is 21.3. The first-order valence-electron chi connectivity index (χ1n) is 7.74. The fourth-order valence-corrected chi connectivity index (χ4v) is 3.01. The number of hydrogen-bond donors (Lipinski definition) is 1. The van der Waals surface area contributed by atoms with E-state index in [0.29, 0.717) is 12.8 Å². The molecule has 1 heterocycles. The molecule has 0 aliphatic carbocycles. The largest absolute Gasteiger partial charge is 0.340 e. The van der Waals surface area contributed by atoms with Crippen LogP contribution in [0.15, 0.2) is 24.3 Å². The van der Waals surface area contributed by atoms with E-state index in [1.807, 2.05) is 38.1 Å². The average Bonchev–Trinajstić information content (AvgIpc) is 2.52. The van der Waals surface area contributed by atoms with Crippen molar-refractivity contribution in [2.45, 2.75) is 58.5 Å². The first kappa shape index (κ1) is 15.5. The van der Waals surface area contributed by atoms with E-state index in [4.69, 9.17) is 0 Å². The number of nitrogens with one attached hydrogen (secondary N) is 1. The smallest absolute Gasteiger partial charge is 0.253 e. The second-order valence-corrected chi connectivity index (χ2v) is 5.61. The van der Waals surface area contributed by atoms with Gasteiger partial charge in [-0.2, -0.15) is 0 Å². The third-order valence-corrected chi connectivity index (χ3v) is 4.60. The Bertz CT molecular complexity index is 549. The van der Waals surface area contributed by atoms with Crippen LogP contribution in [0.5, 0.6) is 0 Å². The molecule has 4 nitrogen and oxygen atoms in total. The Morgan fingerprint density at radius 1 is 1.14 bits per heavy atom. The van der Waals surface area contributed by atoms with Gasteiger partial charge in [-0.05, 0) is 37.8 Å². The lowest BCUT2D eigenvalue weighted by atomic mass is 9.86. The van der Waals surface area contributed by atoms with Crippen molar-refractivity contribution in [3.05, 3.63) is 29.8 Å². The van der Waals surface area contributed by atoms with E-state index in [2.05, 4.69) is 12.2 Å². The van der Waals surface area contributed by atoms with Crippen molar-refractivity contribution in [2.24, 2.45) is 0 Å². The topological polar surface area (TPSA) is 49.4 Å². The minimum absolute atomic E-state index is 0.000463. The molecule has 114 valence electrons. The Labute approximate surface area is 126 Å². The lowest BCUT2D eigenvalue weighted by Gasteiger charge is -2.45. The number of para-hydroxylation sites is 1. The Morgan fingerprint density at radius 3 is 2.33 bits per heavy atom. The van der Waals surface area contributed by atoms with Gasteiger partial charge in [0.25, 0.3) is 5.91 Å². The summed E-state index contributed by atoms with van der Waals surface area (Å²) < 4.78 is 0. The van der Waals surface area contributed by atoms with E-state index < -0.39 is 11.6 Å². The van der Waals surface area contributed by atoms with Gasteiger partial charge >= 0.3 is 0 Å². The van der Waals surface area contributed by atoms with Gasteiger partial charge in [-0.1, -0.05) is 39.0 Å². The number of piperazine rings is 1. The summed E-state index contributed by atoms with van der Waals surface area (Å²) in [5, 5.41) is 2.94. The fraction of sp³-hybridized carbons (Fsp3) is 0.529. The molecule has 1 aliphatic heterocycles. The van der Waals surface area contributed by atoms with Gasteiger partial charge in [-0.15, -0.1) is 0 Å². The number of carbonyl (C=O) groups excluding carboxylic acids is 2. The van der Waals surface area contributed by atoms with E-state index in [0.717, 1.165) is 17.7 Å². The molecule has 0 bridgehead atoms. The first-order chi connectivity index (χ1) is 10.0. The molecule has 0 radical (unpaired) electrons. The van der Waals surface area contributed by atoms with Crippen molar-refractivity contribution in [3.8, 4) is 0 Å². The van der Waals surface area contributed by atoms with Crippen LogP contribution < -0.4 is 10.2 Å². The number of nitrogens with zero attached hydrogens (tertiary/aromatic N) is 1. The van der Waals surface area contributed by atoms with Crippen LogP contribution in [-0.4, -0.2) is 23.4 Å². The second kappa shape index (κ2) is 5.88. The molecule has 1 aliphatic rings. The van der Waals surface area contributed by atoms with Gasteiger partial charge in [0, 0.05) is 5.69 Å². The van der Waals surface area contributed by atoms with Gasteiger partial charge in [0.1, 0.15) is 11.6 Å². The molecule has 1 aromatic carbocycles. The minimum atomic E-state index is -0.773. The molecule has 0 aromatic heterocycles. The number of carbonyl (C=O) groups is 2. The van der Waals surface area contributed by atoms with Crippen LogP contribution in [0.4, 0.5) is 5.69 Å². The van der Waals surface area contributed by atoms with Gasteiger partial charge in [0.2, 0.25) is 5.91 Å². The molecule has 1 unspecified atom stereocenters. The highest BCUT2D eigenvalue weighted by atomic mass is 16.2. The maximum Gasteiger partial charge on any atom is 0.253 e. The van der Waals surface area contributed by atoms with Gasteiger partial charge in [-0.3, -0.25) is 14.5 Å². The number of amides is 2. The minimum Gasteiger partial charge on any atom is -0.340 e. The molecular weight excluding hydrogens is 264 g/mol. The van der Waals surface area contributed by atoms with Crippen molar-refractivity contribution in [2.75, 3.05) is 4.90 Å². The monoisotopic (exact) mass is 288 g/mol. The van der Waals surface area contributed by atoms with Crippen molar-refractivity contribution >= 4 is 17.5 Å². The molecule has 0 spiro atoms. The highest BCUT2D eigenvalue weighted by molar-refractivity contribution is 6.11. The van der Waals surface area contributed by atoms with Gasteiger partial charge in [0.15, 0.2) is 0 Å². The quantitative estimate of drug-likeness (QED) is 0.926. The molecule has 4 heteroatoms.